The summed E-state index contributed by atoms with van der Waals surface area (Å²) in [6.07, 6.45) is 2.86. The van der Waals surface area contributed by atoms with Crippen LogP contribution >= 0.6 is 0 Å². The zero-order chi connectivity index (χ0) is 14.7. The highest BCUT2D eigenvalue weighted by molar-refractivity contribution is 5.64. The van der Waals surface area contributed by atoms with E-state index in [0.29, 0.717) is 6.54 Å². The molecule has 0 bridgehead atoms. The Morgan fingerprint density at radius 2 is 2.25 bits per heavy atom. The summed E-state index contributed by atoms with van der Waals surface area (Å²) >= 11 is 0. The summed E-state index contributed by atoms with van der Waals surface area (Å²) in [6.45, 7) is 7.55. The van der Waals surface area contributed by atoms with Crippen LogP contribution in [0.1, 0.15) is 11.4 Å². The second kappa shape index (κ2) is 5.47. The van der Waals surface area contributed by atoms with Gasteiger partial charge in [0.15, 0.2) is 0 Å². The standard InChI is InChI=1S/C12H14N6O2/c1-4-5-13-11-10(18(19)20)12(15-7-14-11)17-9(3)6-8(2)16-17/h4,6-7H,1,5H2,2-3H3,(H,13,14,15). The molecule has 0 amide bonds. The summed E-state index contributed by atoms with van der Waals surface area (Å²) in [5.74, 6) is 0.287. The lowest BCUT2D eigenvalue weighted by Gasteiger charge is -2.08. The van der Waals surface area contributed by atoms with Crippen LogP contribution in [0.5, 0.6) is 0 Å². The van der Waals surface area contributed by atoms with Crippen LogP contribution in [0.2, 0.25) is 0 Å². The molecular weight excluding hydrogens is 260 g/mol. The zero-order valence-electron chi connectivity index (χ0n) is 11.2. The van der Waals surface area contributed by atoms with Gasteiger partial charge in [-0.3, -0.25) is 10.1 Å². The van der Waals surface area contributed by atoms with Gasteiger partial charge < -0.3 is 5.32 Å². The maximum absolute atomic E-state index is 11.3. The van der Waals surface area contributed by atoms with Gasteiger partial charge in [0, 0.05) is 12.2 Å². The van der Waals surface area contributed by atoms with E-state index in [1.165, 1.54) is 11.0 Å². The van der Waals surface area contributed by atoms with Gasteiger partial charge in [-0.1, -0.05) is 6.08 Å². The second-order valence-electron chi connectivity index (χ2n) is 4.16. The average molecular weight is 274 g/mol. The van der Waals surface area contributed by atoms with Gasteiger partial charge in [-0.05, 0) is 19.9 Å². The summed E-state index contributed by atoms with van der Waals surface area (Å²) < 4.78 is 1.44. The number of anilines is 1. The first kappa shape index (κ1) is 13.7. The Hall–Kier alpha value is -2.77. The fourth-order valence-corrected chi connectivity index (χ4v) is 1.83. The van der Waals surface area contributed by atoms with Crippen molar-refractivity contribution in [3.05, 3.63) is 46.6 Å². The van der Waals surface area contributed by atoms with Gasteiger partial charge >= 0.3 is 5.69 Å². The highest BCUT2D eigenvalue weighted by Crippen LogP contribution is 2.28. The SMILES string of the molecule is C=CCNc1ncnc(-n2nc(C)cc2C)c1[N+](=O)[O-]. The number of rotatable bonds is 5. The van der Waals surface area contributed by atoms with Crippen LogP contribution in [-0.4, -0.2) is 31.2 Å². The van der Waals surface area contributed by atoms with E-state index in [0.717, 1.165) is 11.4 Å². The predicted molar refractivity (Wildman–Crippen MR) is 74.0 cm³/mol. The van der Waals surface area contributed by atoms with Crippen molar-refractivity contribution in [3.8, 4) is 5.82 Å². The number of aromatic nitrogens is 4. The van der Waals surface area contributed by atoms with Gasteiger partial charge in [0.1, 0.15) is 6.33 Å². The van der Waals surface area contributed by atoms with Crippen LogP contribution in [0, 0.1) is 24.0 Å². The summed E-state index contributed by atoms with van der Waals surface area (Å²) in [4.78, 5) is 18.7. The van der Waals surface area contributed by atoms with Crippen molar-refractivity contribution in [2.24, 2.45) is 0 Å². The summed E-state index contributed by atoms with van der Waals surface area (Å²) in [5.41, 5.74) is 1.32. The normalized spacial score (nSPS) is 10.3. The molecule has 20 heavy (non-hydrogen) atoms. The molecule has 1 N–H and O–H groups in total. The van der Waals surface area contributed by atoms with Gasteiger partial charge in [0.25, 0.3) is 0 Å². The van der Waals surface area contributed by atoms with Crippen molar-refractivity contribution in [3.63, 3.8) is 0 Å². The third-order valence-electron chi connectivity index (χ3n) is 2.61. The smallest absolute Gasteiger partial charge is 0.355 e. The molecule has 8 heteroatoms. The van der Waals surface area contributed by atoms with E-state index in [4.69, 9.17) is 0 Å². The molecule has 2 aromatic heterocycles. The highest BCUT2D eigenvalue weighted by Gasteiger charge is 2.25. The Labute approximate surface area is 115 Å². The first-order chi connectivity index (χ1) is 9.54. The topological polar surface area (TPSA) is 98.8 Å². The highest BCUT2D eigenvalue weighted by atomic mass is 16.6. The molecule has 0 saturated heterocycles. The minimum Gasteiger partial charge on any atom is -0.361 e. The maximum atomic E-state index is 11.3. The van der Waals surface area contributed by atoms with E-state index in [2.05, 4.69) is 27.0 Å². The van der Waals surface area contributed by atoms with Gasteiger partial charge in [0.05, 0.1) is 10.6 Å². The van der Waals surface area contributed by atoms with Gasteiger partial charge in [-0.25, -0.2) is 14.6 Å². The quantitative estimate of drug-likeness (QED) is 0.507. The number of nitrogens with zero attached hydrogens (tertiary/aromatic N) is 5. The molecular formula is C12H14N6O2. The molecule has 0 fully saturated rings. The van der Waals surface area contributed by atoms with E-state index >= 15 is 0 Å². The summed E-state index contributed by atoms with van der Waals surface area (Å²) in [6, 6.07) is 1.82. The molecule has 2 rings (SSSR count). The third kappa shape index (κ3) is 2.48. The minimum atomic E-state index is -0.517. The lowest BCUT2D eigenvalue weighted by Crippen LogP contribution is -2.11. The lowest BCUT2D eigenvalue weighted by molar-refractivity contribution is -0.384. The molecule has 104 valence electrons. The van der Waals surface area contributed by atoms with Crippen LogP contribution in [-0.2, 0) is 0 Å². The summed E-state index contributed by atoms with van der Waals surface area (Å²) in [7, 11) is 0. The Bertz CT molecular complexity index is 664. The van der Waals surface area contributed by atoms with E-state index in [1.54, 1.807) is 6.08 Å². The van der Waals surface area contributed by atoms with Crippen LogP contribution in [0.3, 0.4) is 0 Å². The maximum Gasteiger partial charge on any atom is 0.355 e. The van der Waals surface area contributed by atoms with Crippen molar-refractivity contribution in [2.45, 2.75) is 13.8 Å². The van der Waals surface area contributed by atoms with Gasteiger partial charge in [-0.15, -0.1) is 6.58 Å². The molecule has 0 aromatic carbocycles. The van der Waals surface area contributed by atoms with Crippen LogP contribution in [0.15, 0.2) is 25.0 Å². The first-order valence-electron chi connectivity index (χ1n) is 5.92. The van der Waals surface area contributed by atoms with Crippen molar-refractivity contribution >= 4 is 11.5 Å². The van der Waals surface area contributed by atoms with E-state index in [9.17, 15) is 10.1 Å². The van der Waals surface area contributed by atoms with Gasteiger partial charge in [-0.2, -0.15) is 5.10 Å². The largest absolute Gasteiger partial charge is 0.361 e. The van der Waals surface area contributed by atoms with E-state index < -0.39 is 4.92 Å². The molecule has 0 aliphatic carbocycles. The molecule has 0 spiro atoms. The number of aryl methyl sites for hydroxylation is 2. The Morgan fingerprint density at radius 3 is 2.80 bits per heavy atom. The molecule has 0 radical (unpaired) electrons. The third-order valence-corrected chi connectivity index (χ3v) is 2.61. The van der Waals surface area contributed by atoms with Crippen molar-refractivity contribution < 1.29 is 4.92 Å². The molecule has 0 unspecified atom stereocenters. The van der Waals surface area contributed by atoms with Crippen LogP contribution in [0.4, 0.5) is 11.5 Å². The minimum absolute atomic E-state index is 0.141. The number of nitrogens with one attached hydrogen (secondary N) is 1. The van der Waals surface area contributed by atoms with E-state index in [-0.39, 0.29) is 17.3 Å². The fourth-order valence-electron chi connectivity index (χ4n) is 1.83. The van der Waals surface area contributed by atoms with Crippen molar-refractivity contribution in [1.29, 1.82) is 0 Å². The van der Waals surface area contributed by atoms with Gasteiger partial charge in [0.2, 0.25) is 11.6 Å². The average Bonchev–Trinajstić information content (AvgIpc) is 2.74. The molecule has 0 saturated carbocycles. The predicted octanol–water partition coefficient (Wildman–Crippen LogP) is 1.79. The van der Waals surface area contributed by atoms with Crippen molar-refractivity contribution in [1.82, 2.24) is 19.7 Å². The number of hydrogen-bond donors (Lipinski definition) is 1. The first-order valence-corrected chi connectivity index (χ1v) is 5.92. The molecule has 0 aliphatic heterocycles. The molecule has 0 aliphatic rings. The molecule has 2 aromatic rings. The van der Waals surface area contributed by atoms with Crippen LogP contribution < -0.4 is 5.32 Å². The van der Waals surface area contributed by atoms with E-state index in [1.807, 2.05) is 19.9 Å². The number of nitro groups is 1. The summed E-state index contributed by atoms with van der Waals surface area (Å²) in [5, 5.41) is 18.4. The molecule has 2 heterocycles. The van der Waals surface area contributed by atoms with Crippen molar-refractivity contribution in [2.75, 3.05) is 11.9 Å². The monoisotopic (exact) mass is 274 g/mol. The van der Waals surface area contributed by atoms with Crippen LogP contribution in [0.25, 0.3) is 5.82 Å². The molecule has 0 atom stereocenters. The molecule has 8 nitrogen and oxygen atoms in total. The Balaban J connectivity index is 2.60. The Kier molecular flexibility index (Phi) is 3.74. The fraction of sp³-hybridized carbons (Fsp3) is 0.250. The Morgan fingerprint density at radius 1 is 1.50 bits per heavy atom. The number of hydrogen-bond acceptors (Lipinski definition) is 6. The lowest BCUT2D eigenvalue weighted by atomic mass is 10.4. The second-order valence-corrected chi connectivity index (χ2v) is 4.16. The zero-order valence-corrected chi connectivity index (χ0v) is 11.2.